The lowest BCUT2D eigenvalue weighted by molar-refractivity contribution is -0.137. The van der Waals surface area contributed by atoms with Gasteiger partial charge >= 0.3 is 5.97 Å². The van der Waals surface area contributed by atoms with Gasteiger partial charge in [-0.2, -0.15) is 0 Å². The van der Waals surface area contributed by atoms with Crippen LogP contribution in [0, 0.1) is 5.92 Å². The van der Waals surface area contributed by atoms with E-state index in [2.05, 4.69) is 0 Å². The molecule has 0 bridgehead atoms. The minimum absolute atomic E-state index is 0.123. The molecule has 0 unspecified atom stereocenters. The largest absolute Gasteiger partial charge is 0.481 e. The molecule has 0 aromatic carbocycles. The SMILES string of the molecule is O=C(O)CCCC(=O)C1CC1. The fourth-order valence-corrected chi connectivity index (χ4v) is 1.02. The van der Waals surface area contributed by atoms with Gasteiger partial charge in [-0.15, -0.1) is 0 Å². The van der Waals surface area contributed by atoms with E-state index in [0.29, 0.717) is 12.8 Å². The number of carboxylic acids is 1. The number of Topliss-reactive ketones (excluding diaryl/α,β-unsaturated/α-hetero) is 1. The summed E-state index contributed by atoms with van der Waals surface area (Å²) < 4.78 is 0. The van der Waals surface area contributed by atoms with Crippen LogP contribution < -0.4 is 0 Å². The fraction of sp³-hybridized carbons (Fsp3) is 0.750. The van der Waals surface area contributed by atoms with E-state index in [1.807, 2.05) is 0 Å². The third kappa shape index (κ3) is 3.16. The van der Waals surface area contributed by atoms with Crippen molar-refractivity contribution in [3.8, 4) is 0 Å². The average molecular weight is 156 g/mol. The zero-order valence-electron chi connectivity index (χ0n) is 6.38. The third-order valence-corrected chi connectivity index (χ3v) is 1.85. The second-order valence-corrected chi connectivity index (χ2v) is 2.99. The minimum Gasteiger partial charge on any atom is -0.481 e. The van der Waals surface area contributed by atoms with Crippen molar-refractivity contribution in [2.75, 3.05) is 0 Å². The lowest BCUT2D eigenvalue weighted by Gasteiger charge is -1.94. The molecule has 0 aliphatic heterocycles. The van der Waals surface area contributed by atoms with Crippen molar-refractivity contribution in [3.05, 3.63) is 0 Å². The highest BCUT2D eigenvalue weighted by atomic mass is 16.4. The van der Waals surface area contributed by atoms with E-state index in [-0.39, 0.29) is 18.1 Å². The summed E-state index contributed by atoms with van der Waals surface area (Å²) in [5, 5.41) is 8.27. The van der Waals surface area contributed by atoms with Crippen molar-refractivity contribution < 1.29 is 14.7 Å². The summed E-state index contributed by atoms with van der Waals surface area (Å²) in [5.74, 6) is -0.274. The fourth-order valence-electron chi connectivity index (χ4n) is 1.02. The Hall–Kier alpha value is -0.860. The highest BCUT2D eigenvalue weighted by Crippen LogP contribution is 2.31. The molecule has 0 aromatic heterocycles. The van der Waals surface area contributed by atoms with Crippen molar-refractivity contribution in [3.63, 3.8) is 0 Å². The number of hydrogen-bond donors (Lipinski definition) is 1. The third-order valence-electron chi connectivity index (χ3n) is 1.85. The second kappa shape index (κ2) is 3.51. The number of ketones is 1. The van der Waals surface area contributed by atoms with Crippen LogP contribution in [-0.2, 0) is 9.59 Å². The van der Waals surface area contributed by atoms with Crippen LogP contribution in [0.15, 0.2) is 0 Å². The van der Waals surface area contributed by atoms with Crippen molar-refractivity contribution in [2.24, 2.45) is 5.92 Å². The molecule has 11 heavy (non-hydrogen) atoms. The minimum atomic E-state index is -0.811. The van der Waals surface area contributed by atoms with E-state index in [1.165, 1.54) is 0 Å². The van der Waals surface area contributed by atoms with Crippen LogP contribution in [0.2, 0.25) is 0 Å². The Kier molecular flexibility index (Phi) is 2.63. The number of carboxylic acid groups (broad SMARTS) is 1. The molecule has 0 aromatic rings. The monoisotopic (exact) mass is 156 g/mol. The summed E-state index contributed by atoms with van der Waals surface area (Å²) in [5.41, 5.74) is 0. The molecular formula is C8H12O3. The number of carbonyl (C=O) groups is 2. The summed E-state index contributed by atoms with van der Waals surface area (Å²) in [4.78, 5) is 21.0. The summed E-state index contributed by atoms with van der Waals surface area (Å²) in [7, 11) is 0. The number of aliphatic carboxylic acids is 1. The first-order valence-electron chi connectivity index (χ1n) is 3.94. The zero-order chi connectivity index (χ0) is 8.27. The van der Waals surface area contributed by atoms with Crippen LogP contribution in [-0.4, -0.2) is 16.9 Å². The van der Waals surface area contributed by atoms with Crippen molar-refractivity contribution in [1.82, 2.24) is 0 Å². The molecule has 0 radical (unpaired) electrons. The highest BCUT2D eigenvalue weighted by molar-refractivity contribution is 5.83. The molecule has 0 amide bonds. The molecular weight excluding hydrogens is 144 g/mol. The van der Waals surface area contributed by atoms with Crippen LogP contribution in [0.5, 0.6) is 0 Å². The second-order valence-electron chi connectivity index (χ2n) is 2.99. The predicted octanol–water partition coefficient (Wildman–Crippen LogP) is 1.22. The van der Waals surface area contributed by atoms with Gasteiger partial charge in [0.1, 0.15) is 5.78 Å². The lowest BCUT2D eigenvalue weighted by atomic mass is 10.1. The van der Waals surface area contributed by atoms with Crippen LogP contribution in [0.4, 0.5) is 0 Å². The van der Waals surface area contributed by atoms with Crippen molar-refractivity contribution in [1.29, 1.82) is 0 Å². The van der Waals surface area contributed by atoms with E-state index in [0.717, 1.165) is 12.8 Å². The normalized spacial score (nSPS) is 16.4. The number of carbonyl (C=O) groups excluding carboxylic acids is 1. The highest BCUT2D eigenvalue weighted by Gasteiger charge is 2.28. The topological polar surface area (TPSA) is 54.4 Å². The molecule has 1 rings (SSSR count). The van der Waals surface area contributed by atoms with Gasteiger partial charge in [-0.25, -0.2) is 0 Å². The van der Waals surface area contributed by atoms with Crippen molar-refractivity contribution in [2.45, 2.75) is 32.1 Å². The Morgan fingerprint density at radius 1 is 1.27 bits per heavy atom. The van der Waals surface area contributed by atoms with Crippen molar-refractivity contribution >= 4 is 11.8 Å². The lowest BCUT2D eigenvalue weighted by Crippen LogP contribution is -2.02. The standard InChI is InChI=1S/C8H12O3/c9-7(6-4-5-6)2-1-3-8(10)11/h6H,1-5H2,(H,10,11). The molecule has 1 aliphatic carbocycles. The molecule has 0 atom stereocenters. The van der Waals surface area contributed by atoms with Gasteiger partial charge in [0.2, 0.25) is 0 Å². The number of rotatable bonds is 5. The molecule has 1 saturated carbocycles. The molecule has 62 valence electrons. The van der Waals surface area contributed by atoms with E-state index in [1.54, 1.807) is 0 Å². The van der Waals surface area contributed by atoms with Crippen LogP contribution in [0.1, 0.15) is 32.1 Å². The van der Waals surface area contributed by atoms with E-state index < -0.39 is 5.97 Å². The maximum atomic E-state index is 11.0. The van der Waals surface area contributed by atoms with Gasteiger partial charge in [0.25, 0.3) is 0 Å². The van der Waals surface area contributed by atoms with E-state index in [9.17, 15) is 9.59 Å². The molecule has 0 heterocycles. The van der Waals surface area contributed by atoms with Gasteiger partial charge in [-0.1, -0.05) is 0 Å². The summed E-state index contributed by atoms with van der Waals surface area (Å²) >= 11 is 0. The van der Waals surface area contributed by atoms with Gasteiger partial charge in [-0.05, 0) is 19.3 Å². The molecule has 3 heteroatoms. The van der Waals surface area contributed by atoms with Crippen LogP contribution in [0.3, 0.4) is 0 Å². The van der Waals surface area contributed by atoms with Gasteiger partial charge in [-0.3, -0.25) is 9.59 Å². The van der Waals surface area contributed by atoms with E-state index >= 15 is 0 Å². The Bertz CT molecular complexity index is 170. The molecule has 3 nitrogen and oxygen atoms in total. The quantitative estimate of drug-likeness (QED) is 0.651. The van der Waals surface area contributed by atoms with Gasteiger partial charge in [0.05, 0.1) is 0 Å². The Labute approximate surface area is 65.4 Å². The summed E-state index contributed by atoms with van der Waals surface area (Å²) in [6.45, 7) is 0. The predicted molar refractivity (Wildman–Crippen MR) is 39.2 cm³/mol. The molecule has 1 aliphatic rings. The molecule has 0 saturated heterocycles. The van der Waals surface area contributed by atoms with Gasteiger partial charge in [0, 0.05) is 18.8 Å². The Morgan fingerprint density at radius 2 is 1.91 bits per heavy atom. The zero-order valence-corrected chi connectivity index (χ0v) is 6.38. The van der Waals surface area contributed by atoms with Crippen LogP contribution >= 0.6 is 0 Å². The molecule has 0 spiro atoms. The Balaban J connectivity index is 2.02. The maximum Gasteiger partial charge on any atom is 0.303 e. The Morgan fingerprint density at radius 3 is 2.36 bits per heavy atom. The first-order chi connectivity index (χ1) is 5.20. The average Bonchev–Trinajstić information content (AvgIpc) is 2.66. The molecule has 1 N–H and O–H groups in total. The summed E-state index contributed by atoms with van der Waals surface area (Å²) in [6, 6.07) is 0. The first-order valence-corrected chi connectivity index (χ1v) is 3.94. The smallest absolute Gasteiger partial charge is 0.303 e. The summed E-state index contributed by atoms with van der Waals surface area (Å²) in [6.07, 6.45) is 3.12. The maximum absolute atomic E-state index is 11.0. The van der Waals surface area contributed by atoms with Gasteiger partial charge in [0.15, 0.2) is 0 Å². The van der Waals surface area contributed by atoms with E-state index in [4.69, 9.17) is 5.11 Å². The first kappa shape index (κ1) is 8.24. The van der Waals surface area contributed by atoms with Gasteiger partial charge < -0.3 is 5.11 Å². The number of hydrogen-bond acceptors (Lipinski definition) is 2. The van der Waals surface area contributed by atoms with Crippen LogP contribution in [0.25, 0.3) is 0 Å². The molecule has 1 fully saturated rings.